The second kappa shape index (κ2) is 6.75. The van der Waals surface area contributed by atoms with Crippen molar-refractivity contribution < 1.29 is 19.1 Å². The highest BCUT2D eigenvalue weighted by atomic mass is 35.5. The molecule has 6 heteroatoms. The molecule has 1 aromatic heterocycles. The fraction of sp³-hybridized carbons (Fsp3) is 0.312. The van der Waals surface area contributed by atoms with E-state index < -0.39 is 0 Å². The van der Waals surface area contributed by atoms with Gasteiger partial charge in [0.2, 0.25) is 0 Å². The number of aromatic hydroxyl groups is 1. The quantitative estimate of drug-likeness (QED) is 0.854. The number of halogens is 1. The van der Waals surface area contributed by atoms with E-state index in [2.05, 4.69) is 0 Å². The summed E-state index contributed by atoms with van der Waals surface area (Å²) in [4.78, 5) is 13.8. The molecule has 5 nitrogen and oxygen atoms in total. The van der Waals surface area contributed by atoms with Gasteiger partial charge < -0.3 is 19.2 Å². The van der Waals surface area contributed by atoms with Gasteiger partial charge in [0.25, 0.3) is 5.91 Å². The highest BCUT2D eigenvalue weighted by Crippen LogP contribution is 2.26. The van der Waals surface area contributed by atoms with E-state index in [4.69, 9.17) is 20.8 Å². The van der Waals surface area contributed by atoms with Crippen molar-refractivity contribution in [1.29, 1.82) is 0 Å². The van der Waals surface area contributed by atoms with Gasteiger partial charge >= 0.3 is 0 Å². The Morgan fingerprint density at radius 1 is 1.41 bits per heavy atom. The van der Waals surface area contributed by atoms with Crippen molar-refractivity contribution in [3.63, 3.8) is 0 Å². The van der Waals surface area contributed by atoms with Crippen LogP contribution >= 0.6 is 11.6 Å². The monoisotopic (exact) mass is 323 g/mol. The van der Waals surface area contributed by atoms with Gasteiger partial charge in [-0.2, -0.15) is 0 Å². The Morgan fingerprint density at radius 2 is 2.14 bits per heavy atom. The molecule has 1 amide bonds. The first kappa shape index (κ1) is 16.2. The van der Waals surface area contributed by atoms with E-state index in [1.807, 2.05) is 0 Å². The number of carbonyl (C=O) groups is 1. The molecule has 0 aliphatic rings. The number of nitrogens with zero attached hydrogens (tertiary/aromatic N) is 1. The van der Waals surface area contributed by atoms with Crippen molar-refractivity contribution in [1.82, 2.24) is 4.90 Å². The number of carbonyl (C=O) groups excluding carboxylic acids is 1. The summed E-state index contributed by atoms with van der Waals surface area (Å²) in [6.45, 7) is 2.02. The van der Waals surface area contributed by atoms with Crippen molar-refractivity contribution >= 4 is 17.5 Å². The summed E-state index contributed by atoms with van der Waals surface area (Å²) in [5, 5.41) is 9.65. The first-order valence-corrected chi connectivity index (χ1v) is 7.21. The van der Waals surface area contributed by atoms with Crippen LogP contribution in [0.3, 0.4) is 0 Å². The number of alkyl halides is 1. The van der Waals surface area contributed by atoms with Crippen LogP contribution in [-0.4, -0.2) is 30.1 Å². The zero-order valence-electron chi connectivity index (χ0n) is 12.7. The van der Waals surface area contributed by atoms with Crippen molar-refractivity contribution in [3.05, 3.63) is 47.4 Å². The average molecular weight is 324 g/mol. The normalized spacial score (nSPS) is 12.0. The van der Waals surface area contributed by atoms with Gasteiger partial charge in [-0.1, -0.05) is 0 Å². The summed E-state index contributed by atoms with van der Waals surface area (Å²) in [6.07, 6.45) is 0. The molecule has 0 bridgehead atoms. The van der Waals surface area contributed by atoms with Crippen molar-refractivity contribution in [3.8, 4) is 11.5 Å². The van der Waals surface area contributed by atoms with Crippen LogP contribution in [0.1, 0.15) is 34.2 Å². The van der Waals surface area contributed by atoms with Gasteiger partial charge in [-0.3, -0.25) is 4.79 Å². The molecule has 1 aromatic carbocycles. The maximum Gasteiger partial charge on any atom is 0.289 e. The third-order valence-corrected chi connectivity index (χ3v) is 3.49. The molecule has 1 N–H and O–H groups in total. The number of benzene rings is 1. The number of rotatable bonds is 5. The van der Waals surface area contributed by atoms with Gasteiger partial charge in [0, 0.05) is 25.2 Å². The molecule has 0 saturated heterocycles. The molecule has 1 atom stereocenters. The first-order chi connectivity index (χ1) is 10.4. The van der Waals surface area contributed by atoms with Gasteiger partial charge in [0.15, 0.2) is 5.76 Å². The number of methoxy groups -OCH3 is 1. The number of hydrogen-bond acceptors (Lipinski definition) is 4. The lowest BCUT2D eigenvalue weighted by Gasteiger charge is -2.17. The van der Waals surface area contributed by atoms with E-state index in [1.54, 1.807) is 38.2 Å². The molecule has 0 spiro atoms. The summed E-state index contributed by atoms with van der Waals surface area (Å²) >= 11 is 5.92. The Bertz CT molecular complexity index is 666. The largest absolute Gasteiger partial charge is 0.507 e. The molecule has 118 valence electrons. The Hall–Kier alpha value is -2.14. The highest BCUT2D eigenvalue weighted by molar-refractivity contribution is 6.20. The molecule has 0 saturated carbocycles. The Labute approximate surface area is 134 Å². The van der Waals surface area contributed by atoms with Crippen molar-refractivity contribution in [2.45, 2.75) is 18.8 Å². The number of phenolic OH excluding ortho intramolecular Hbond substituents is 1. The van der Waals surface area contributed by atoms with E-state index in [0.29, 0.717) is 17.1 Å². The van der Waals surface area contributed by atoms with E-state index >= 15 is 0 Å². The number of hydrogen-bond donors (Lipinski definition) is 1. The van der Waals surface area contributed by atoms with E-state index in [1.165, 1.54) is 18.1 Å². The Kier molecular flexibility index (Phi) is 4.98. The van der Waals surface area contributed by atoms with Gasteiger partial charge in [-0.25, -0.2) is 0 Å². The first-order valence-electron chi connectivity index (χ1n) is 6.77. The Morgan fingerprint density at radius 3 is 2.68 bits per heavy atom. The van der Waals surface area contributed by atoms with Crippen LogP contribution in [-0.2, 0) is 6.54 Å². The lowest BCUT2D eigenvalue weighted by Crippen LogP contribution is -2.25. The smallest absolute Gasteiger partial charge is 0.289 e. The SMILES string of the molecule is COc1ccc(CN(C)C(=O)c2ccc(C(C)Cl)o2)c(O)c1. The molecule has 0 aliphatic heterocycles. The molecule has 2 rings (SSSR count). The summed E-state index contributed by atoms with van der Waals surface area (Å²) in [5.41, 5.74) is 0.620. The predicted molar refractivity (Wildman–Crippen MR) is 83.4 cm³/mol. The maximum atomic E-state index is 12.3. The molecule has 1 heterocycles. The predicted octanol–water partition coefficient (Wildman–Crippen LogP) is 3.57. The molecule has 1 unspecified atom stereocenters. The second-order valence-corrected chi connectivity index (χ2v) is 5.63. The van der Waals surface area contributed by atoms with Crippen LogP contribution in [0.4, 0.5) is 0 Å². The molecule has 0 fully saturated rings. The average Bonchev–Trinajstić information content (AvgIpc) is 2.98. The molecule has 0 aliphatic carbocycles. The third kappa shape index (κ3) is 3.54. The highest BCUT2D eigenvalue weighted by Gasteiger charge is 2.18. The lowest BCUT2D eigenvalue weighted by atomic mass is 10.2. The van der Waals surface area contributed by atoms with Crippen LogP contribution in [0, 0.1) is 0 Å². The minimum absolute atomic E-state index is 0.0773. The molecular formula is C16H18ClNO4. The summed E-state index contributed by atoms with van der Waals surface area (Å²) < 4.78 is 10.5. The fourth-order valence-corrected chi connectivity index (χ4v) is 2.12. The van der Waals surface area contributed by atoms with Crippen molar-refractivity contribution in [2.75, 3.05) is 14.2 Å². The zero-order valence-corrected chi connectivity index (χ0v) is 13.4. The van der Waals surface area contributed by atoms with Crippen molar-refractivity contribution in [2.24, 2.45) is 0 Å². The standard InChI is InChI=1S/C16H18ClNO4/c1-10(17)14-6-7-15(22-14)16(20)18(2)9-11-4-5-12(21-3)8-13(11)19/h4-8,10,19H,9H2,1-3H3. The van der Waals surface area contributed by atoms with Gasteiger partial charge in [0.05, 0.1) is 12.5 Å². The number of furan rings is 1. The van der Waals surface area contributed by atoms with E-state index in [0.717, 1.165) is 0 Å². The number of ether oxygens (including phenoxy) is 1. The fourth-order valence-electron chi connectivity index (χ4n) is 2.00. The molecule has 2 aromatic rings. The summed E-state index contributed by atoms with van der Waals surface area (Å²) in [6, 6.07) is 8.23. The third-order valence-electron chi connectivity index (χ3n) is 3.28. The summed E-state index contributed by atoms with van der Waals surface area (Å²) in [5.74, 6) is 1.12. The summed E-state index contributed by atoms with van der Waals surface area (Å²) in [7, 11) is 3.16. The molecule has 22 heavy (non-hydrogen) atoms. The van der Waals surface area contributed by atoms with Crippen LogP contribution in [0.15, 0.2) is 34.7 Å². The second-order valence-electron chi connectivity index (χ2n) is 4.97. The minimum Gasteiger partial charge on any atom is -0.507 e. The van der Waals surface area contributed by atoms with Crippen LogP contribution < -0.4 is 4.74 Å². The van der Waals surface area contributed by atoms with Gasteiger partial charge in [-0.05, 0) is 31.2 Å². The van der Waals surface area contributed by atoms with E-state index in [9.17, 15) is 9.90 Å². The minimum atomic E-state index is -0.294. The van der Waals surface area contributed by atoms with Crippen LogP contribution in [0.5, 0.6) is 11.5 Å². The maximum absolute atomic E-state index is 12.3. The zero-order chi connectivity index (χ0) is 16.3. The number of phenols is 1. The number of amides is 1. The van der Waals surface area contributed by atoms with Gasteiger partial charge in [-0.15, -0.1) is 11.6 Å². The molecule has 0 radical (unpaired) electrons. The van der Waals surface area contributed by atoms with Crippen LogP contribution in [0.2, 0.25) is 0 Å². The Balaban J connectivity index is 2.10. The lowest BCUT2D eigenvalue weighted by molar-refractivity contribution is 0.0751. The topological polar surface area (TPSA) is 62.9 Å². The van der Waals surface area contributed by atoms with E-state index in [-0.39, 0.29) is 29.3 Å². The molecular weight excluding hydrogens is 306 g/mol. The van der Waals surface area contributed by atoms with Crippen LogP contribution in [0.25, 0.3) is 0 Å². The van der Waals surface area contributed by atoms with Gasteiger partial charge in [0.1, 0.15) is 17.3 Å².